The molecule has 0 saturated heterocycles. The second-order valence-electron chi connectivity index (χ2n) is 5.42. The lowest BCUT2D eigenvalue weighted by molar-refractivity contribution is -0.140. The van der Waals surface area contributed by atoms with Crippen molar-refractivity contribution in [2.24, 2.45) is 0 Å². The van der Waals surface area contributed by atoms with Gasteiger partial charge in [-0.05, 0) is 41.8 Å². The molecule has 24 heavy (non-hydrogen) atoms. The average molecular weight is 324 g/mol. The van der Waals surface area contributed by atoms with Crippen LogP contribution in [0.25, 0.3) is 10.8 Å². The van der Waals surface area contributed by atoms with Crippen molar-refractivity contribution in [1.29, 1.82) is 0 Å². The van der Waals surface area contributed by atoms with Gasteiger partial charge in [-0.2, -0.15) is 0 Å². The number of unbranched alkanes of at least 4 members (excludes halogenated alkanes) is 1. The standard InChI is InChI=1S/C20H20O4/c1-3-12-24-18-11-10-15-13-17(9-8-16(15)14-18)19(21)6-4-5-7-20(22)23-2/h1,8-11,13-14H,4-7,12H2,2H3. The van der Waals surface area contributed by atoms with Gasteiger partial charge in [0.25, 0.3) is 0 Å². The highest BCUT2D eigenvalue weighted by Gasteiger charge is 2.08. The van der Waals surface area contributed by atoms with Crippen molar-refractivity contribution in [3.63, 3.8) is 0 Å². The van der Waals surface area contributed by atoms with Crippen LogP contribution in [0.4, 0.5) is 0 Å². The Morgan fingerprint density at radius 1 is 1.04 bits per heavy atom. The molecule has 0 aliphatic heterocycles. The van der Waals surface area contributed by atoms with Gasteiger partial charge in [0.2, 0.25) is 0 Å². The van der Waals surface area contributed by atoms with Crippen molar-refractivity contribution in [1.82, 2.24) is 0 Å². The van der Waals surface area contributed by atoms with Crippen molar-refractivity contribution < 1.29 is 19.1 Å². The Morgan fingerprint density at radius 3 is 2.50 bits per heavy atom. The molecule has 0 aliphatic carbocycles. The number of Topliss-reactive ketones (excluding diaryl/α,β-unsaturated/α-hetero) is 1. The summed E-state index contributed by atoms with van der Waals surface area (Å²) >= 11 is 0. The number of terminal acetylenes is 1. The Morgan fingerprint density at radius 2 is 1.75 bits per heavy atom. The van der Waals surface area contributed by atoms with E-state index in [0.717, 1.165) is 10.8 Å². The number of carbonyl (C=O) groups is 2. The molecule has 0 bridgehead atoms. The molecule has 4 nitrogen and oxygen atoms in total. The summed E-state index contributed by atoms with van der Waals surface area (Å²) in [7, 11) is 1.37. The van der Waals surface area contributed by atoms with Crippen LogP contribution < -0.4 is 4.74 Å². The van der Waals surface area contributed by atoms with E-state index < -0.39 is 0 Å². The molecule has 0 amide bonds. The van der Waals surface area contributed by atoms with Crippen molar-refractivity contribution in [3.8, 4) is 18.1 Å². The van der Waals surface area contributed by atoms with Gasteiger partial charge in [-0.25, -0.2) is 0 Å². The number of esters is 1. The van der Waals surface area contributed by atoms with Crippen LogP contribution in [0, 0.1) is 12.3 Å². The molecular weight excluding hydrogens is 304 g/mol. The van der Waals surface area contributed by atoms with E-state index >= 15 is 0 Å². The van der Waals surface area contributed by atoms with Crippen LogP contribution in [0.3, 0.4) is 0 Å². The van der Waals surface area contributed by atoms with E-state index in [1.165, 1.54) is 7.11 Å². The van der Waals surface area contributed by atoms with E-state index in [4.69, 9.17) is 11.2 Å². The van der Waals surface area contributed by atoms with E-state index in [1.54, 1.807) is 0 Å². The van der Waals surface area contributed by atoms with Gasteiger partial charge in [0.05, 0.1) is 7.11 Å². The number of fused-ring (bicyclic) bond motifs is 1. The lowest BCUT2D eigenvalue weighted by atomic mass is 10.0. The molecule has 2 aromatic rings. The second-order valence-corrected chi connectivity index (χ2v) is 5.42. The molecule has 0 atom stereocenters. The first-order valence-corrected chi connectivity index (χ1v) is 7.84. The fourth-order valence-corrected chi connectivity index (χ4v) is 2.41. The fourth-order valence-electron chi connectivity index (χ4n) is 2.41. The molecule has 0 unspecified atom stereocenters. The Kier molecular flexibility index (Phi) is 6.39. The van der Waals surface area contributed by atoms with Gasteiger partial charge in [0.15, 0.2) is 5.78 Å². The van der Waals surface area contributed by atoms with Crippen LogP contribution in [0.5, 0.6) is 5.75 Å². The van der Waals surface area contributed by atoms with E-state index in [2.05, 4.69) is 10.7 Å². The van der Waals surface area contributed by atoms with Crippen LogP contribution in [0.1, 0.15) is 36.0 Å². The number of methoxy groups -OCH3 is 1. The highest BCUT2D eigenvalue weighted by Crippen LogP contribution is 2.23. The van der Waals surface area contributed by atoms with E-state index in [0.29, 0.717) is 37.0 Å². The fraction of sp³-hybridized carbons (Fsp3) is 0.300. The first-order valence-electron chi connectivity index (χ1n) is 7.84. The zero-order valence-corrected chi connectivity index (χ0v) is 13.7. The largest absolute Gasteiger partial charge is 0.481 e. The summed E-state index contributed by atoms with van der Waals surface area (Å²) in [4.78, 5) is 23.3. The molecule has 0 spiro atoms. The summed E-state index contributed by atoms with van der Waals surface area (Å²) in [6.45, 7) is 0.230. The Balaban J connectivity index is 1.98. The number of rotatable bonds is 8. The van der Waals surface area contributed by atoms with Crippen molar-refractivity contribution in [3.05, 3.63) is 42.0 Å². The molecule has 0 radical (unpaired) electrons. The second kappa shape index (κ2) is 8.73. The summed E-state index contributed by atoms with van der Waals surface area (Å²) in [5, 5.41) is 1.97. The van der Waals surface area contributed by atoms with Crippen molar-refractivity contribution in [2.45, 2.75) is 25.7 Å². The molecule has 2 rings (SSSR count). The normalized spacial score (nSPS) is 10.2. The predicted octanol–water partition coefficient (Wildman–Crippen LogP) is 3.77. The first-order chi connectivity index (χ1) is 11.6. The summed E-state index contributed by atoms with van der Waals surface area (Å²) in [6, 6.07) is 11.2. The van der Waals surface area contributed by atoms with Crippen LogP contribution in [-0.2, 0) is 9.53 Å². The van der Waals surface area contributed by atoms with Gasteiger partial charge >= 0.3 is 5.97 Å². The molecule has 0 saturated carbocycles. The highest BCUT2D eigenvalue weighted by atomic mass is 16.5. The molecule has 124 valence electrons. The van der Waals surface area contributed by atoms with Crippen molar-refractivity contribution in [2.75, 3.05) is 13.7 Å². The zero-order valence-electron chi connectivity index (χ0n) is 13.7. The number of hydrogen-bond acceptors (Lipinski definition) is 4. The number of ether oxygens (including phenoxy) is 2. The van der Waals surface area contributed by atoms with E-state index in [9.17, 15) is 9.59 Å². The third-order valence-electron chi connectivity index (χ3n) is 3.72. The van der Waals surface area contributed by atoms with Crippen LogP contribution in [0.2, 0.25) is 0 Å². The third kappa shape index (κ3) is 4.85. The molecule has 0 N–H and O–H groups in total. The third-order valence-corrected chi connectivity index (χ3v) is 3.72. The number of ketones is 1. The van der Waals surface area contributed by atoms with Crippen LogP contribution >= 0.6 is 0 Å². The number of benzene rings is 2. The molecule has 2 aromatic carbocycles. The number of carbonyl (C=O) groups excluding carboxylic acids is 2. The maximum absolute atomic E-state index is 12.2. The molecule has 0 aliphatic rings. The van der Waals surface area contributed by atoms with Gasteiger partial charge in [0, 0.05) is 18.4 Å². The quantitative estimate of drug-likeness (QED) is 0.321. The highest BCUT2D eigenvalue weighted by molar-refractivity contribution is 6.00. The van der Waals surface area contributed by atoms with Gasteiger partial charge in [-0.3, -0.25) is 9.59 Å². The van der Waals surface area contributed by atoms with Crippen LogP contribution in [0.15, 0.2) is 36.4 Å². The summed E-state index contributed by atoms with van der Waals surface area (Å²) in [6.07, 6.45) is 7.28. The van der Waals surface area contributed by atoms with Gasteiger partial charge in [0.1, 0.15) is 12.4 Å². The minimum absolute atomic E-state index is 0.0782. The monoisotopic (exact) mass is 324 g/mol. The molecule has 0 aromatic heterocycles. The Bertz CT molecular complexity index is 771. The molecule has 0 fully saturated rings. The summed E-state index contributed by atoms with van der Waals surface area (Å²) in [5.41, 5.74) is 0.679. The van der Waals surface area contributed by atoms with Gasteiger partial charge in [-0.1, -0.05) is 24.1 Å². The topological polar surface area (TPSA) is 52.6 Å². The molecule has 4 heteroatoms. The van der Waals surface area contributed by atoms with E-state index in [1.807, 2.05) is 36.4 Å². The van der Waals surface area contributed by atoms with Gasteiger partial charge < -0.3 is 9.47 Å². The smallest absolute Gasteiger partial charge is 0.305 e. The number of hydrogen-bond donors (Lipinski definition) is 0. The summed E-state index contributed by atoms with van der Waals surface area (Å²) in [5.74, 6) is 2.98. The Labute approximate surface area is 141 Å². The molecular formula is C20H20O4. The van der Waals surface area contributed by atoms with Crippen molar-refractivity contribution >= 4 is 22.5 Å². The maximum Gasteiger partial charge on any atom is 0.305 e. The SMILES string of the molecule is C#CCOc1ccc2cc(C(=O)CCCCC(=O)OC)ccc2c1. The van der Waals surface area contributed by atoms with Crippen LogP contribution in [-0.4, -0.2) is 25.5 Å². The van der Waals surface area contributed by atoms with E-state index in [-0.39, 0.29) is 18.4 Å². The lowest BCUT2D eigenvalue weighted by Gasteiger charge is -2.06. The predicted molar refractivity (Wildman–Crippen MR) is 93.1 cm³/mol. The Hall–Kier alpha value is -2.80. The lowest BCUT2D eigenvalue weighted by Crippen LogP contribution is -2.02. The first kappa shape index (κ1) is 17.6. The van der Waals surface area contributed by atoms with Gasteiger partial charge in [-0.15, -0.1) is 6.42 Å². The molecule has 0 heterocycles. The average Bonchev–Trinajstić information content (AvgIpc) is 2.62. The minimum Gasteiger partial charge on any atom is -0.481 e. The zero-order chi connectivity index (χ0) is 17.4. The maximum atomic E-state index is 12.2. The summed E-state index contributed by atoms with van der Waals surface area (Å²) < 4.78 is 9.97. The minimum atomic E-state index is -0.240.